The number of alkyl halides is 3. The molecule has 3 rings (SSSR count). The van der Waals surface area contributed by atoms with E-state index in [1.807, 2.05) is 0 Å². The molecule has 0 bridgehead atoms. The Morgan fingerprint density at radius 2 is 1.92 bits per heavy atom. The number of halogens is 3. The van der Waals surface area contributed by atoms with Crippen LogP contribution in [0.3, 0.4) is 0 Å². The van der Waals surface area contributed by atoms with Crippen molar-refractivity contribution in [2.24, 2.45) is 0 Å². The molecule has 4 nitrogen and oxygen atoms in total. The molecule has 0 fully saturated rings. The Balaban J connectivity index is 1.74. The van der Waals surface area contributed by atoms with Crippen molar-refractivity contribution in [1.82, 2.24) is 0 Å². The van der Waals surface area contributed by atoms with Crippen molar-refractivity contribution in [3.63, 3.8) is 0 Å². The molecule has 1 aliphatic heterocycles. The highest BCUT2D eigenvalue weighted by atomic mass is 19.4. The van der Waals surface area contributed by atoms with E-state index in [0.29, 0.717) is 11.3 Å². The quantitative estimate of drug-likeness (QED) is 0.904. The van der Waals surface area contributed by atoms with Crippen LogP contribution < -0.4 is 10.6 Å². The van der Waals surface area contributed by atoms with Gasteiger partial charge in [0.2, 0.25) is 11.8 Å². The van der Waals surface area contributed by atoms with Crippen LogP contribution in [0.4, 0.5) is 24.5 Å². The van der Waals surface area contributed by atoms with Crippen LogP contribution in [0.15, 0.2) is 42.5 Å². The molecule has 0 saturated carbocycles. The zero-order valence-corrected chi connectivity index (χ0v) is 12.4. The first-order chi connectivity index (χ1) is 11.3. The highest BCUT2D eigenvalue weighted by Gasteiger charge is 2.33. The number of carbonyl (C=O) groups excluding carboxylic acids is 2. The fourth-order valence-electron chi connectivity index (χ4n) is 2.61. The Morgan fingerprint density at radius 3 is 2.67 bits per heavy atom. The fraction of sp³-hybridized carbons (Fsp3) is 0.176. The Morgan fingerprint density at radius 1 is 1.17 bits per heavy atom. The number of hydrogen-bond acceptors (Lipinski definition) is 2. The Bertz CT molecular complexity index is 816. The third-order valence-electron chi connectivity index (χ3n) is 3.67. The first-order valence-electron chi connectivity index (χ1n) is 7.20. The summed E-state index contributed by atoms with van der Waals surface area (Å²) in [7, 11) is 0. The highest BCUT2D eigenvalue weighted by molar-refractivity contribution is 5.99. The molecule has 0 unspecified atom stereocenters. The number of anilines is 2. The second-order valence-electron chi connectivity index (χ2n) is 5.48. The lowest BCUT2D eigenvalue weighted by molar-refractivity contribution is -0.137. The summed E-state index contributed by atoms with van der Waals surface area (Å²) in [5, 5.41) is 4.98. The Kier molecular flexibility index (Phi) is 4.01. The number of rotatable bonds is 3. The molecule has 0 aliphatic carbocycles. The predicted octanol–water partition coefficient (Wildman–Crippen LogP) is 3.38. The molecule has 0 saturated heterocycles. The molecule has 1 heterocycles. The van der Waals surface area contributed by atoms with Gasteiger partial charge >= 0.3 is 6.18 Å². The lowest BCUT2D eigenvalue weighted by Gasteiger charge is -2.13. The van der Waals surface area contributed by atoms with Crippen LogP contribution in [0.25, 0.3) is 0 Å². The summed E-state index contributed by atoms with van der Waals surface area (Å²) in [6.07, 6.45) is -4.38. The van der Waals surface area contributed by atoms with Gasteiger partial charge in [0.15, 0.2) is 0 Å². The lowest BCUT2D eigenvalue weighted by Crippen LogP contribution is -2.18. The number of carbonyl (C=O) groups is 2. The molecule has 2 aromatic carbocycles. The summed E-state index contributed by atoms with van der Waals surface area (Å²) in [4.78, 5) is 23.4. The van der Waals surface area contributed by atoms with Gasteiger partial charge in [0, 0.05) is 5.69 Å². The van der Waals surface area contributed by atoms with Gasteiger partial charge in [-0.3, -0.25) is 9.59 Å². The topological polar surface area (TPSA) is 58.2 Å². The van der Waals surface area contributed by atoms with Gasteiger partial charge in [0.05, 0.1) is 24.1 Å². The third-order valence-corrected chi connectivity index (χ3v) is 3.67. The van der Waals surface area contributed by atoms with Gasteiger partial charge in [0.1, 0.15) is 0 Å². The Labute approximate surface area is 135 Å². The maximum atomic E-state index is 12.9. The van der Waals surface area contributed by atoms with Crippen LogP contribution in [0, 0.1) is 0 Å². The van der Waals surface area contributed by atoms with Gasteiger partial charge in [-0.2, -0.15) is 13.2 Å². The third kappa shape index (κ3) is 3.40. The number of fused-ring (bicyclic) bond motifs is 1. The monoisotopic (exact) mass is 334 g/mol. The van der Waals surface area contributed by atoms with Gasteiger partial charge in [-0.05, 0) is 29.3 Å². The second-order valence-corrected chi connectivity index (χ2v) is 5.48. The van der Waals surface area contributed by atoms with Gasteiger partial charge in [-0.15, -0.1) is 0 Å². The summed E-state index contributed by atoms with van der Waals surface area (Å²) in [6, 6.07) is 9.89. The lowest BCUT2D eigenvalue weighted by atomic mass is 10.1. The number of para-hydroxylation sites is 1. The van der Waals surface area contributed by atoms with Crippen LogP contribution in [0.1, 0.15) is 16.7 Å². The number of nitrogens with one attached hydrogen (secondary N) is 2. The number of amides is 2. The van der Waals surface area contributed by atoms with E-state index >= 15 is 0 Å². The molecular formula is C17H13F3N2O2. The van der Waals surface area contributed by atoms with Crippen LogP contribution in [0.2, 0.25) is 0 Å². The average Bonchev–Trinajstić information content (AvgIpc) is 2.86. The van der Waals surface area contributed by atoms with Crippen molar-refractivity contribution in [2.45, 2.75) is 19.0 Å². The van der Waals surface area contributed by atoms with Crippen molar-refractivity contribution >= 4 is 23.2 Å². The van der Waals surface area contributed by atoms with Gasteiger partial charge in [0.25, 0.3) is 0 Å². The summed E-state index contributed by atoms with van der Waals surface area (Å²) >= 11 is 0. The molecule has 7 heteroatoms. The zero-order valence-electron chi connectivity index (χ0n) is 12.4. The van der Waals surface area contributed by atoms with Gasteiger partial charge < -0.3 is 10.6 Å². The smallest absolute Gasteiger partial charge is 0.326 e. The minimum absolute atomic E-state index is 0.0757. The number of benzene rings is 2. The minimum atomic E-state index is -4.54. The minimum Gasteiger partial charge on any atom is -0.326 e. The van der Waals surface area contributed by atoms with E-state index in [2.05, 4.69) is 10.6 Å². The largest absolute Gasteiger partial charge is 0.418 e. The van der Waals surface area contributed by atoms with Gasteiger partial charge in [-0.1, -0.05) is 24.3 Å². The van der Waals surface area contributed by atoms with Crippen molar-refractivity contribution in [3.8, 4) is 0 Å². The average molecular weight is 334 g/mol. The molecule has 2 N–H and O–H groups in total. The van der Waals surface area contributed by atoms with Crippen molar-refractivity contribution in [1.29, 1.82) is 0 Å². The van der Waals surface area contributed by atoms with Crippen LogP contribution in [-0.4, -0.2) is 11.8 Å². The van der Waals surface area contributed by atoms with E-state index in [1.54, 1.807) is 18.2 Å². The normalized spacial score (nSPS) is 13.4. The first kappa shape index (κ1) is 16.0. The van der Waals surface area contributed by atoms with E-state index in [1.165, 1.54) is 18.2 Å². The van der Waals surface area contributed by atoms with Crippen molar-refractivity contribution < 1.29 is 22.8 Å². The SMILES string of the molecule is O=C1Cc2cc(CC(=O)Nc3ccccc3C(F)(F)F)ccc2N1. The van der Waals surface area contributed by atoms with Crippen LogP contribution >= 0.6 is 0 Å². The molecule has 0 atom stereocenters. The molecule has 24 heavy (non-hydrogen) atoms. The fourth-order valence-corrected chi connectivity index (χ4v) is 2.61. The zero-order chi connectivity index (χ0) is 17.3. The van der Waals surface area contributed by atoms with E-state index in [4.69, 9.17) is 0 Å². The maximum absolute atomic E-state index is 12.9. The van der Waals surface area contributed by atoms with Crippen molar-refractivity contribution in [3.05, 3.63) is 59.2 Å². The summed E-state index contributed by atoms with van der Waals surface area (Å²) < 4.78 is 38.8. The van der Waals surface area contributed by atoms with Crippen LogP contribution in [-0.2, 0) is 28.6 Å². The molecule has 0 aromatic heterocycles. The van der Waals surface area contributed by atoms with Crippen molar-refractivity contribution in [2.75, 3.05) is 10.6 Å². The molecule has 2 amide bonds. The van der Waals surface area contributed by atoms with E-state index in [0.717, 1.165) is 11.6 Å². The Hall–Kier alpha value is -2.83. The van der Waals surface area contributed by atoms with Gasteiger partial charge in [-0.25, -0.2) is 0 Å². The van der Waals surface area contributed by atoms with Crippen LogP contribution in [0.5, 0.6) is 0 Å². The van der Waals surface area contributed by atoms with E-state index in [9.17, 15) is 22.8 Å². The molecule has 0 radical (unpaired) electrons. The second kappa shape index (κ2) is 5.99. The number of hydrogen-bond donors (Lipinski definition) is 2. The molecule has 1 aliphatic rings. The predicted molar refractivity (Wildman–Crippen MR) is 82.6 cm³/mol. The summed E-state index contributed by atoms with van der Waals surface area (Å²) in [5.74, 6) is -0.672. The standard InChI is InChI=1S/C17H13F3N2O2/c18-17(19,20)12-3-1-2-4-14(12)22-15(23)8-10-5-6-13-11(7-10)9-16(24)21-13/h1-7H,8-9H2,(H,21,24)(H,22,23). The van der Waals surface area contributed by atoms with E-state index in [-0.39, 0.29) is 24.4 Å². The molecule has 2 aromatic rings. The highest BCUT2D eigenvalue weighted by Crippen LogP contribution is 2.34. The first-order valence-corrected chi connectivity index (χ1v) is 7.20. The molecule has 124 valence electrons. The summed E-state index contributed by atoms with van der Waals surface area (Å²) in [5.41, 5.74) is 0.954. The molecule has 0 spiro atoms. The van der Waals surface area contributed by atoms with E-state index < -0.39 is 17.6 Å². The molecular weight excluding hydrogens is 321 g/mol. The summed E-state index contributed by atoms with van der Waals surface area (Å²) in [6.45, 7) is 0. The maximum Gasteiger partial charge on any atom is 0.418 e.